The first kappa shape index (κ1) is 30.0. The van der Waals surface area contributed by atoms with Crippen LogP contribution in [0.25, 0.3) is 5.69 Å². The Morgan fingerprint density at radius 2 is 1.70 bits per heavy atom. The second-order valence-corrected chi connectivity index (χ2v) is 12.5. The van der Waals surface area contributed by atoms with Crippen molar-refractivity contribution in [2.24, 2.45) is 0 Å². The predicted octanol–water partition coefficient (Wildman–Crippen LogP) is 6.14. The average Bonchev–Trinajstić information content (AvgIpc) is 3.80. The third-order valence-electron chi connectivity index (χ3n) is 8.07. The minimum Gasteiger partial charge on any atom is -0.497 e. The van der Waals surface area contributed by atoms with Gasteiger partial charge in [-0.3, -0.25) is 18.7 Å². The Labute approximate surface area is 268 Å². The SMILES string of the molecule is COc1ccc([C@H](C)NC(=O)c2c3n(c(=O)n2-c2ccc(OC4CC4)cc2)CC(C)N(C(=O)c2ccc(Br)c(Cl)c2)C3)cc1. The maximum Gasteiger partial charge on any atom is 0.333 e. The van der Waals surface area contributed by atoms with E-state index in [9.17, 15) is 14.4 Å². The number of fused-ring (bicyclic) bond motifs is 1. The van der Waals surface area contributed by atoms with E-state index in [0.717, 1.165) is 18.4 Å². The van der Waals surface area contributed by atoms with Gasteiger partial charge in [-0.05, 0) is 103 Å². The normalized spacial score (nSPS) is 16.7. The number of rotatable bonds is 8. The van der Waals surface area contributed by atoms with Crippen LogP contribution in [0.4, 0.5) is 0 Å². The minimum absolute atomic E-state index is 0.0679. The lowest BCUT2D eigenvalue weighted by Crippen LogP contribution is -2.47. The van der Waals surface area contributed by atoms with E-state index in [0.29, 0.717) is 37.9 Å². The zero-order valence-electron chi connectivity index (χ0n) is 24.6. The number of amides is 2. The van der Waals surface area contributed by atoms with Crippen LogP contribution < -0.4 is 20.5 Å². The third kappa shape index (κ3) is 5.88. The first-order chi connectivity index (χ1) is 21.1. The fraction of sp³-hybridized carbons (Fsp3) is 0.303. The van der Waals surface area contributed by atoms with Gasteiger partial charge in [-0.15, -0.1) is 0 Å². The number of aromatic nitrogens is 2. The number of nitrogens with one attached hydrogen (secondary N) is 1. The molecule has 0 radical (unpaired) electrons. The highest BCUT2D eigenvalue weighted by atomic mass is 79.9. The molecule has 0 bridgehead atoms. The Balaban J connectivity index is 1.39. The van der Waals surface area contributed by atoms with E-state index in [-0.39, 0.29) is 48.6 Å². The fourth-order valence-electron chi connectivity index (χ4n) is 5.45. The number of carbonyl (C=O) groups is 2. The van der Waals surface area contributed by atoms with Gasteiger partial charge in [-0.1, -0.05) is 23.7 Å². The summed E-state index contributed by atoms with van der Waals surface area (Å²) in [4.78, 5) is 43.5. The molecule has 44 heavy (non-hydrogen) atoms. The van der Waals surface area contributed by atoms with Gasteiger partial charge in [-0.25, -0.2) is 4.79 Å². The Morgan fingerprint density at radius 1 is 1.02 bits per heavy atom. The van der Waals surface area contributed by atoms with Crippen molar-refractivity contribution in [3.05, 3.63) is 109 Å². The molecule has 2 amide bonds. The molecule has 1 aliphatic carbocycles. The number of carbonyl (C=O) groups excluding carboxylic acids is 2. The molecule has 11 heteroatoms. The van der Waals surface area contributed by atoms with Crippen LogP contribution in [-0.4, -0.2) is 45.1 Å². The van der Waals surface area contributed by atoms with E-state index >= 15 is 0 Å². The van der Waals surface area contributed by atoms with Crippen LogP contribution in [0.3, 0.4) is 0 Å². The monoisotopic (exact) mass is 678 g/mol. The summed E-state index contributed by atoms with van der Waals surface area (Å²) < 4.78 is 14.9. The molecule has 1 aromatic heterocycles. The molecule has 2 atom stereocenters. The summed E-state index contributed by atoms with van der Waals surface area (Å²) in [6, 6.07) is 19.0. The van der Waals surface area contributed by atoms with Gasteiger partial charge in [0.05, 0.1) is 42.2 Å². The minimum atomic E-state index is -0.425. The second kappa shape index (κ2) is 12.2. The van der Waals surface area contributed by atoms with Crippen LogP contribution in [0.5, 0.6) is 11.5 Å². The lowest BCUT2D eigenvalue weighted by atomic mass is 10.1. The first-order valence-corrected chi connectivity index (χ1v) is 15.6. The van der Waals surface area contributed by atoms with Crippen molar-refractivity contribution >= 4 is 39.3 Å². The number of imidazole rings is 1. The van der Waals surface area contributed by atoms with Gasteiger partial charge in [0.2, 0.25) is 0 Å². The molecule has 0 spiro atoms. The summed E-state index contributed by atoms with van der Waals surface area (Å²) in [6.07, 6.45) is 2.30. The van der Waals surface area contributed by atoms with E-state index in [1.807, 2.05) is 50.2 Å². The molecule has 2 heterocycles. The summed E-state index contributed by atoms with van der Waals surface area (Å²) in [5.74, 6) is 0.762. The van der Waals surface area contributed by atoms with Crippen LogP contribution in [0.2, 0.25) is 5.02 Å². The molecular weight excluding hydrogens is 648 g/mol. The van der Waals surface area contributed by atoms with Gasteiger partial charge >= 0.3 is 5.69 Å². The first-order valence-electron chi connectivity index (χ1n) is 14.5. The molecule has 1 N–H and O–H groups in total. The zero-order valence-corrected chi connectivity index (χ0v) is 26.9. The van der Waals surface area contributed by atoms with E-state index in [1.165, 1.54) is 4.57 Å². The standard InChI is InChI=1S/C33H32BrClN4O5/c1-19-17-38-29(18-37(19)32(41)22-6-15-27(34)28(35)16-22)30(31(40)36-20(2)21-4-9-24(43-3)10-5-21)39(33(38)42)23-7-11-25(12-8-23)44-26-13-14-26/h4-12,15-16,19-20,26H,13-14,17-18H2,1-3H3,(H,36,40)/t19?,20-/m0/s1. The molecule has 1 unspecified atom stereocenters. The topological polar surface area (TPSA) is 94.8 Å². The van der Waals surface area contributed by atoms with Crippen molar-refractivity contribution in [2.75, 3.05) is 7.11 Å². The second-order valence-electron chi connectivity index (χ2n) is 11.2. The van der Waals surface area contributed by atoms with Gasteiger partial charge in [-0.2, -0.15) is 0 Å². The molecule has 1 aliphatic heterocycles. The number of benzene rings is 3. The van der Waals surface area contributed by atoms with Crippen LogP contribution in [0.1, 0.15) is 64.8 Å². The number of halogens is 2. The molecule has 1 saturated carbocycles. The van der Waals surface area contributed by atoms with Crippen molar-refractivity contribution < 1.29 is 19.1 Å². The van der Waals surface area contributed by atoms with Crippen LogP contribution in [0.15, 0.2) is 76.0 Å². The lowest BCUT2D eigenvalue weighted by molar-refractivity contribution is 0.0610. The summed E-state index contributed by atoms with van der Waals surface area (Å²) in [5, 5.41) is 3.49. The van der Waals surface area contributed by atoms with Gasteiger partial charge < -0.3 is 19.7 Å². The number of hydrogen-bond acceptors (Lipinski definition) is 5. The van der Waals surface area contributed by atoms with E-state index < -0.39 is 5.91 Å². The van der Waals surface area contributed by atoms with Crippen molar-refractivity contribution in [3.63, 3.8) is 0 Å². The largest absolute Gasteiger partial charge is 0.497 e. The lowest BCUT2D eigenvalue weighted by Gasteiger charge is -2.34. The molecule has 228 valence electrons. The molecular formula is C33H32BrClN4O5. The molecule has 6 rings (SSSR count). The smallest absolute Gasteiger partial charge is 0.333 e. The van der Waals surface area contributed by atoms with Gasteiger partial charge in [0, 0.05) is 22.6 Å². The molecule has 3 aromatic carbocycles. The predicted molar refractivity (Wildman–Crippen MR) is 171 cm³/mol. The fourth-order valence-corrected chi connectivity index (χ4v) is 5.88. The summed E-state index contributed by atoms with van der Waals surface area (Å²) >= 11 is 9.67. The highest BCUT2D eigenvalue weighted by Gasteiger charge is 2.36. The maximum absolute atomic E-state index is 14.1. The van der Waals surface area contributed by atoms with Crippen LogP contribution >= 0.6 is 27.5 Å². The quantitative estimate of drug-likeness (QED) is 0.242. The summed E-state index contributed by atoms with van der Waals surface area (Å²) in [6.45, 7) is 4.07. The maximum atomic E-state index is 14.1. The van der Waals surface area contributed by atoms with E-state index in [1.54, 1.807) is 46.9 Å². The Morgan fingerprint density at radius 3 is 2.34 bits per heavy atom. The third-order valence-corrected chi connectivity index (χ3v) is 9.30. The number of nitrogens with zero attached hydrogens (tertiary/aromatic N) is 3. The molecule has 4 aromatic rings. The Hall–Kier alpha value is -4.02. The number of methoxy groups -OCH3 is 1. The van der Waals surface area contributed by atoms with E-state index in [4.69, 9.17) is 21.1 Å². The van der Waals surface area contributed by atoms with E-state index in [2.05, 4.69) is 21.2 Å². The highest BCUT2D eigenvalue weighted by molar-refractivity contribution is 9.10. The average molecular weight is 680 g/mol. The van der Waals surface area contributed by atoms with Gasteiger partial charge in [0.25, 0.3) is 11.8 Å². The van der Waals surface area contributed by atoms with Crippen molar-refractivity contribution in [1.29, 1.82) is 0 Å². The molecule has 1 fully saturated rings. The molecule has 9 nitrogen and oxygen atoms in total. The van der Waals surface area contributed by atoms with Crippen molar-refractivity contribution in [2.45, 2.75) is 58.0 Å². The molecule has 0 saturated heterocycles. The number of ether oxygens (including phenoxy) is 2. The van der Waals surface area contributed by atoms with Crippen molar-refractivity contribution in [3.8, 4) is 17.2 Å². The van der Waals surface area contributed by atoms with Gasteiger partial charge in [0.1, 0.15) is 17.2 Å². The Kier molecular flexibility index (Phi) is 8.30. The van der Waals surface area contributed by atoms with Crippen LogP contribution in [0, 0.1) is 0 Å². The zero-order chi connectivity index (χ0) is 31.1. The van der Waals surface area contributed by atoms with Crippen molar-refractivity contribution in [1.82, 2.24) is 19.4 Å². The highest BCUT2D eigenvalue weighted by Crippen LogP contribution is 2.30. The molecule has 2 aliphatic rings. The number of hydrogen-bond donors (Lipinski definition) is 1. The van der Waals surface area contributed by atoms with Crippen LogP contribution in [-0.2, 0) is 13.1 Å². The summed E-state index contributed by atoms with van der Waals surface area (Å²) in [5.41, 5.74) is 2.13. The van der Waals surface area contributed by atoms with Gasteiger partial charge in [0.15, 0.2) is 0 Å². The Bertz CT molecular complexity index is 1780. The summed E-state index contributed by atoms with van der Waals surface area (Å²) in [7, 11) is 1.60.